The second kappa shape index (κ2) is 7.03. The lowest BCUT2D eigenvalue weighted by molar-refractivity contribution is -0.158. The lowest BCUT2D eigenvalue weighted by Crippen LogP contribution is -2.71. The summed E-state index contributed by atoms with van der Waals surface area (Å²) in [6, 6.07) is -0.331. The van der Waals surface area contributed by atoms with Crippen LogP contribution in [0.25, 0.3) is 0 Å². The third kappa shape index (κ3) is 3.08. The average Bonchev–Trinajstić information content (AvgIpc) is 2.96. The summed E-state index contributed by atoms with van der Waals surface area (Å²) in [6.45, 7) is 4.84. The van der Waals surface area contributed by atoms with Gasteiger partial charge in [0.25, 0.3) is 0 Å². The van der Waals surface area contributed by atoms with Gasteiger partial charge in [-0.25, -0.2) is 0 Å². The monoisotopic (exact) mass is 312 g/mol. The van der Waals surface area contributed by atoms with Gasteiger partial charge in [0.05, 0.1) is 0 Å². The zero-order chi connectivity index (χ0) is 15.5. The molecule has 0 radical (unpaired) electrons. The highest BCUT2D eigenvalue weighted by Gasteiger charge is 2.53. The summed E-state index contributed by atoms with van der Waals surface area (Å²) in [4.78, 5) is 27.6. The van der Waals surface area contributed by atoms with E-state index in [-0.39, 0.29) is 23.8 Å². The molecule has 21 heavy (non-hydrogen) atoms. The standard InChI is InChI=1S/C16H28N2O2S/c1-4-12(2)13-14(19)18(10-7-11-21-3)16(15(20)17-13)8-5-6-9-16/h12-13H,4-11H2,1-3H3,(H,17,20). The minimum atomic E-state index is -0.542. The van der Waals surface area contributed by atoms with Gasteiger partial charge in [-0.05, 0) is 37.2 Å². The topological polar surface area (TPSA) is 49.4 Å². The molecule has 2 aliphatic rings. The Hall–Kier alpha value is -0.710. The van der Waals surface area contributed by atoms with Crippen molar-refractivity contribution in [3.8, 4) is 0 Å². The van der Waals surface area contributed by atoms with Crippen LogP contribution in [-0.2, 0) is 9.59 Å². The normalized spacial score (nSPS) is 26.2. The lowest BCUT2D eigenvalue weighted by atomic mass is 9.85. The van der Waals surface area contributed by atoms with E-state index in [0.29, 0.717) is 0 Å². The number of amides is 2. The highest BCUT2D eigenvalue weighted by Crippen LogP contribution is 2.39. The number of thioether (sulfide) groups is 1. The summed E-state index contributed by atoms with van der Waals surface area (Å²) in [5, 5.41) is 3.03. The Bertz CT molecular complexity index is 394. The van der Waals surface area contributed by atoms with Crippen LogP contribution in [0.15, 0.2) is 0 Å². The summed E-state index contributed by atoms with van der Waals surface area (Å²) in [6.07, 6.45) is 7.71. The van der Waals surface area contributed by atoms with Crippen LogP contribution in [0.1, 0.15) is 52.4 Å². The van der Waals surface area contributed by atoms with Crippen molar-refractivity contribution < 1.29 is 9.59 Å². The third-order valence-corrected chi connectivity index (χ3v) is 5.83. The summed E-state index contributed by atoms with van der Waals surface area (Å²) >= 11 is 1.80. The van der Waals surface area contributed by atoms with Gasteiger partial charge in [-0.3, -0.25) is 9.59 Å². The first-order valence-electron chi connectivity index (χ1n) is 8.18. The number of hydrogen-bond acceptors (Lipinski definition) is 3. The first-order valence-corrected chi connectivity index (χ1v) is 9.57. The van der Waals surface area contributed by atoms with Gasteiger partial charge in [0.2, 0.25) is 11.8 Å². The van der Waals surface area contributed by atoms with Crippen LogP contribution in [0.2, 0.25) is 0 Å². The minimum absolute atomic E-state index is 0.0917. The molecule has 1 heterocycles. The molecule has 4 nitrogen and oxygen atoms in total. The van der Waals surface area contributed by atoms with Gasteiger partial charge >= 0.3 is 0 Å². The average molecular weight is 312 g/mol. The molecule has 0 aromatic heterocycles. The molecule has 2 unspecified atom stereocenters. The van der Waals surface area contributed by atoms with E-state index in [2.05, 4.69) is 25.4 Å². The van der Waals surface area contributed by atoms with E-state index in [0.717, 1.165) is 50.8 Å². The first-order chi connectivity index (χ1) is 10.1. The molecule has 1 aliphatic carbocycles. The maximum Gasteiger partial charge on any atom is 0.246 e. The van der Waals surface area contributed by atoms with Gasteiger partial charge in [-0.2, -0.15) is 11.8 Å². The van der Waals surface area contributed by atoms with E-state index < -0.39 is 5.54 Å². The molecular formula is C16H28N2O2S. The van der Waals surface area contributed by atoms with E-state index >= 15 is 0 Å². The number of carbonyl (C=O) groups excluding carboxylic acids is 2. The predicted molar refractivity (Wildman–Crippen MR) is 87.3 cm³/mol. The molecule has 1 saturated heterocycles. The maximum atomic E-state index is 12.9. The number of carbonyl (C=O) groups is 2. The third-order valence-electron chi connectivity index (χ3n) is 5.13. The van der Waals surface area contributed by atoms with Gasteiger partial charge in [-0.15, -0.1) is 0 Å². The Morgan fingerprint density at radius 2 is 2.05 bits per heavy atom. The van der Waals surface area contributed by atoms with Crippen LogP contribution < -0.4 is 5.32 Å². The molecule has 2 amide bonds. The Balaban J connectivity index is 2.21. The lowest BCUT2D eigenvalue weighted by Gasteiger charge is -2.47. The number of piperazine rings is 1. The van der Waals surface area contributed by atoms with Gasteiger partial charge in [-0.1, -0.05) is 33.1 Å². The molecule has 120 valence electrons. The smallest absolute Gasteiger partial charge is 0.246 e. The van der Waals surface area contributed by atoms with Crippen molar-refractivity contribution >= 4 is 23.6 Å². The molecule has 1 saturated carbocycles. The van der Waals surface area contributed by atoms with Crippen molar-refractivity contribution in [1.29, 1.82) is 0 Å². The molecule has 1 aliphatic heterocycles. The van der Waals surface area contributed by atoms with Crippen molar-refractivity contribution in [2.75, 3.05) is 18.6 Å². The van der Waals surface area contributed by atoms with Crippen molar-refractivity contribution in [3.63, 3.8) is 0 Å². The highest BCUT2D eigenvalue weighted by atomic mass is 32.2. The SMILES string of the molecule is CCC(C)C1NC(=O)C2(CCCC2)N(CCCSC)C1=O. The Morgan fingerprint density at radius 1 is 1.38 bits per heavy atom. The fourth-order valence-electron chi connectivity index (χ4n) is 3.61. The van der Waals surface area contributed by atoms with Crippen LogP contribution in [0.3, 0.4) is 0 Å². The predicted octanol–water partition coefficient (Wildman–Crippen LogP) is 2.43. The second-order valence-corrected chi connectivity index (χ2v) is 7.40. The molecule has 2 atom stereocenters. The number of nitrogens with zero attached hydrogens (tertiary/aromatic N) is 1. The van der Waals surface area contributed by atoms with Gasteiger partial charge < -0.3 is 10.2 Å². The molecular weight excluding hydrogens is 284 g/mol. The maximum absolute atomic E-state index is 12.9. The van der Waals surface area contributed by atoms with Crippen molar-refractivity contribution in [2.45, 2.75) is 64.0 Å². The zero-order valence-electron chi connectivity index (χ0n) is 13.5. The van der Waals surface area contributed by atoms with Crippen molar-refractivity contribution in [1.82, 2.24) is 10.2 Å². The molecule has 1 N–H and O–H groups in total. The van der Waals surface area contributed by atoms with E-state index in [1.807, 2.05) is 4.90 Å². The highest BCUT2D eigenvalue weighted by molar-refractivity contribution is 7.98. The molecule has 5 heteroatoms. The number of rotatable bonds is 6. The fourth-order valence-corrected chi connectivity index (χ4v) is 4.03. The van der Waals surface area contributed by atoms with Crippen LogP contribution in [0.5, 0.6) is 0 Å². The van der Waals surface area contributed by atoms with E-state index in [1.54, 1.807) is 11.8 Å². The van der Waals surface area contributed by atoms with Crippen molar-refractivity contribution in [2.24, 2.45) is 5.92 Å². The van der Waals surface area contributed by atoms with Crippen LogP contribution >= 0.6 is 11.8 Å². The van der Waals surface area contributed by atoms with Crippen molar-refractivity contribution in [3.05, 3.63) is 0 Å². The molecule has 0 aromatic rings. The second-order valence-electron chi connectivity index (χ2n) is 6.41. The van der Waals surface area contributed by atoms with Crippen LogP contribution in [0.4, 0.5) is 0 Å². The molecule has 0 aromatic carbocycles. The summed E-state index contributed by atoms with van der Waals surface area (Å²) < 4.78 is 0. The van der Waals surface area contributed by atoms with E-state index in [1.165, 1.54) is 0 Å². The Labute approximate surface area is 132 Å². The number of nitrogens with one attached hydrogen (secondary N) is 1. The first kappa shape index (κ1) is 16.7. The molecule has 2 fully saturated rings. The number of hydrogen-bond donors (Lipinski definition) is 1. The van der Waals surface area contributed by atoms with E-state index in [9.17, 15) is 9.59 Å². The van der Waals surface area contributed by atoms with Gasteiger partial charge in [0.15, 0.2) is 0 Å². The fraction of sp³-hybridized carbons (Fsp3) is 0.875. The summed E-state index contributed by atoms with van der Waals surface area (Å²) in [7, 11) is 0. The van der Waals surface area contributed by atoms with Crippen LogP contribution in [0, 0.1) is 5.92 Å². The molecule has 2 rings (SSSR count). The molecule has 1 spiro atoms. The van der Waals surface area contributed by atoms with Crippen LogP contribution in [-0.4, -0.2) is 46.8 Å². The van der Waals surface area contributed by atoms with E-state index in [4.69, 9.17) is 0 Å². The quantitative estimate of drug-likeness (QED) is 0.766. The minimum Gasteiger partial charge on any atom is -0.342 e. The summed E-state index contributed by atoms with van der Waals surface area (Å²) in [5.74, 6) is 1.47. The Kier molecular flexibility index (Phi) is 5.58. The molecule has 0 bridgehead atoms. The Morgan fingerprint density at radius 3 is 2.62 bits per heavy atom. The van der Waals surface area contributed by atoms with Gasteiger partial charge in [0, 0.05) is 6.54 Å². The summed E-state index contributed by atoms with van der Waals surface area (Å²) in [5.41, 5.74) is -0.542. The zero-order valence-corrected chi connectivity index (χ0v) is 14.3. The largest absolute Gasteiger partial charge is 0.342 e. The van der Waals surface area contributed by atoms with Gasteiger partial charge in [0.1, 0.15) is 11.6 Å².